The van der Waals surface area contributed by atoms with Crippen LogP contribution in [0.15, 0.2) is 45.3 Å². The summed E-state index contributed by atoms with van der Waals surface area (Å²) >= 11 is 5.43. The molecule has 1 aliphatic heterocycles. The van der Waals surface area contributed by atoms with Gasteiger partial charge < -0.3 is 0 Å². The number of hydrogen-bond acceptors (Lipinski definition) is 4. The third-order valence-electron chi connectivity index (χ3n) is 2.74. The van der Waals surface area contributed by atoms with Crippen LogP contribution in [-0.2, 0) is 0 Å². The second-order valence-electron chi connectivity index (χ2n) is 3.95. The van der Waals surface area contributed by atoms with Crippen LogP contribution in [0.2, 0.25) is 0 Å². The van der Waals surface area contributed by atoms with E-state index in [1.807, 2.05) is 12.1 Å². The number of nitrogens with zero attached hydrogens (tertiary/aromatic N) is 4. The van der Waals surface area contributed by atoms with Gasteiger partial charge in [0, 0.05) is 0 Å². The predicted molar refractivity (Wildman–Crippen MR) is 75.6 cm³/mol. The fourth-order valence-corrected chi connectivity index (χ4v) is 4.05. The Labute approximate surface area is 123 Å². The zero-order valence-electron chi connectivity index (χ0n) is 9.89. The molecule has 20 heavy (non-hydrogen) atoms. The first kappa shape index (κ1) is 13.1. The van der Waals surface area contributed by atoms with Crippen LogP contribution in [0, 0.1) is 10.1 Å². The van der Waals surface area contributed by atoms with Gasteiger partial charge in [0.15, 0.2) is 0 Å². The van der Waals surface area contributed by atoms with Gasteiger partial charge in [0.2, 0.25) is 0 Å². The number of hydrazine groups is 1. The van der Waals surface area contributed by atoms with Gasteiger partial charge >= 0.3 is 123 Å². The second kappa shape index (κ2) is 4.90. The molecule has 2 aromatic rings. The molecule has 0 unspecified atom stereocenters. The summed E-state index contributed by atoms with van der Waals surface area (Å²) in [5.74, 6) is -0.0244. The van der Waals surface area contributed by atoms with Gasteiger partial charge in [0.25, 0.3) is 0 Å². The van der Waals surface area contributed by atoms with Crippen LogP contribution in [0.3, 0.4) is 0 Å². The molecule has 0 radical (unpaired) electrons. The zero-order chi connectivity index (χ0) is 14.3. The molecule has 0 saturated heterocycles. The Kier molecular flexibility index (Phi) is 3.21. The summed E-state index contributed by atoms with van der Waals surface area (Å²) in [5.41, 5.74) is -0.280. The van der Waals surface area contributed by atoms with Gasteiger partial charge in [-0.15, -0.1) is 0 Å². The van der Waals surface area contributed by atoms with E-state index in [0.717, 1.165) is 9.27 Å². The van der Waals surface area contributed by atoms with E-state index in [2.05, 4.69) is 4.99 Å². The molecule has 0 fully saturated rings. The normalized spacial score (nSPS) is 15.2. The fourth-order valence-electron chi connectivity index (χ4n) is 1.84. The van der Waals surface area contributed by atoms with Crippen molar-refractivity contribution in [2.75, 3.05) is 6.54 Å². The van der Waals surface area contributed by atoms with E-state index >= 15 is 0 Å². The molecule has 1 aromatic carbocycles. The Morgan fingerprint density at radius 1 is 1.40 bits per heavy atom. The zero-order valence-corrected chi connectivity index (χ0v) is 12.4. The number of hydrogen-bond donors (Lipinski definition) is 0. The van der Waals surface area contributed by atoms with Gasteiger partial charge in [0.05, 0.1) is 0 Å². The van der Waals surface area contributed by atoms with E-state index in [0.29, 0.717) is 5.39 Å². The van der Waals surface area contributed by atoms with E-state index in [-0.39, 0.29) is 38.0 Å². The number of aliphatic imine (C=N–C) groups is 1. The predicted octanol–water partition coefficient (Wildman–Crippen LogP) is 0.850. The topological polar surface area (TPSA) is 80.7 Å². The van der Waals surface area contributed by atoms with Crippen LogP contribution in [0.5, 0.6) is 0 Å². The Balaban J connectivity index is 2.22. The summed E-state index contributed by atoms with van der Waals surface area (Å²) in [7, 11) is 0. The summed E-state index contributed by atoms with van der Waals surface area (Å²) < 4.78 is 2.21. The molecule has 0 N–H and O–H groups in total. The first-order valence-electron chi connectivity index (χ1n) is 5.55. The fraction of sp³-hybridized carbons (Fsp3) is 0.0909. The molecular weight excluding hydrogens is 351 g/mol. The van der Waals surface area contributed by atoms with Gasteiger partial charge in [-0.25, -0.2) is 0 Å². The van der Waals surface area contributed by atoms with E-state index in [1.165, 1.54) is 9.64 Å². The molecule has 2 heterocycles. The monoisotopic (exact) mass is 358 g/mol. The number of benzene rings is 1. The summed E-state index contributed by atoms with van der Waals surface area (Å²) in [6.45, 7) is -0.0130. The Hall–Kier alpha value is -1.89. The quantitative estimate of drug-likeness (QED) is 0.328. The van der Waals surface area contributed by atoms with E-state index in [9.17, 15) is 14.9 Å². The van der Waals surface area contributed by atoms with Crippen LogP contribution in [0.1, 0.15) is 0 Å². The van der Waals surface area contributed by atoms with Crippen molar-refractivity contribution in [3.05, 3.63) is 56.0 Å². The number of rotatable bonds is 1. The van der Waals surface area contributed by atoms with Crippen LogP contribution in [0.25, 0.3) is 9.65 Å². The van der Waals surface area contributed by atoms with E-state index in [4.69, 9.17) is 11.6 Å². The molecule has 1 aromatic heterocycles. The number of halogens is 1. The molecule has 0 saturated carbocycles. The summed E-state index contributed by atoms with van der Waals surface area (Å²) in [6, 6.07) is 7.14. The molecule has 0 amide bonds. The first-order chi connectivity index (χ1) is 9.58. The molecular formula is C11H7ClN4O3Se. The number of aromatic nitrogens is 1. The average Bonchev–Trinajstić information content (AvgIpc) is 2.76. The second-order valence-corrected chi connectivity index (χ2v) is 6.40. The van der Waals surface area contributed by atoms with Gasteiger partial charge in [0.1, 0.15) is 0 Å². The van der Waals surface area contributed by atoms with E-state index in [1.54, 1.807) is 12.1 Å². The van der Waals surface area contributed by atoms with Gasteiger partial charge in [-0.1, -0.05) is 0 Å². The molecule has 7 nitrogen and oxygen atoms in total. The van der Waals surface area contributed by atoms with Crippen molar-refractivity contribution in [1.29, 1.82) is 0 Å². The summed E-state index contributed by atoms with van der Waals surface area (Å²) in [6.07, 6.45) is 1.43. The third kappa shape index (κ3) is 2.07. The van der Waals surface area contributed by atoms with Crippen molar-refractivity contribution in [2.24, 2.45) is 4.99 Å². The van der Waals surface area contributed by atoms with Crippen molar-refractivity contribution in [2.45, 2.75) is 0 Å². The van der Waals surface area contributed by atoms with Crippen LogP contribution in [-0.4, -0.2) is 40.8 Å². The number of fused-ring (bicyclic) bond motifs is 1. The number of nitro groups is 1. The average molecular weight is 358 g/mol. The van der Waals surface area contributed by atoms with Crippen molar-refractivity contribution in [3.8, 4) is 0 Å². The molecule has 0 bridgehead atoms. The summed E-state index contributed by atoms with van der Waals surface area (Å²) in [5, 5.41) is 12.0. The molecule has 1 aliphatic rings. The Bertz CT molecular complexity index is 822. The molecule has 102 valence electrons. The van der Waals surface area contributed by atoms with Gasteiger partial charge in [-0.05, 0) is 0 Å². The van der Waals surface area contributed by atoms with Crippen molar-refractivity contribution in [3.63, 3.8) is 0 Å². The van der Waals surface area contributed by atoms with Gasteiger partial charge in [-0.2, -0.15) is 0 Å². The Morgan fingerprint density at radius 2 is 2.15 bits per heavy atom. The van der Waals surface area contributed by atoms with Crippen molar-refractivity contribution < 1.29 is 5.03 Å². The van der Waals surface area contributed by atoms with E-state index < -0.39 is 5.03 Å². The van der Waals surface area contributed by atoms with Crippen LogP contribution >= 0.6 is 11.6 Å². The minimum absolute atomic E-state index is 0.0130. The molecule has 3 rings (SSSR count). The first-order valence-corrected chi connectivity index (χ1v) is 7.55. The molecule has 0 spiro atoms. The standard InChI is InChI=1S/C11H7ClN4O3Se/c12-9-5-6-14(16(18)19)11(13-9)15-10(17)7-3-1-2-4-8(7)20-15/h1-5H,6H2. The third-order valence-corrected chi connectivity index (χ3v) is 5.21. The molecule has 0 aliphatic carbocycles. The van der Waals surface area contributed by atoms with Crippen molar-refractivity contribution in [1.82, 2.24) is 8.57 Å². The minimum atomic E-state index is -0.592. The van der Waals surface area contributed by atoms with Crippen LogP contribution < -0.4 is 5.56 Å². The summed E-state index contributed by atoms with van der Waals surface area (Å²) in [4.78, 5) is 27.3. The molecule has 0 atom stereocenters. The SMILES string of the molecule is O=c1c2ccccc2[se]n1C1=NC(Cl)=CCN1[N+](=O)[O-]. The molecule has 9 heteroatoms. The maximum absolute atomic E-state index is 12.3. The Morgan fingerprint density at radius 3 is 2.85 bits per heavy atom. The van der Waals surface area contributed by atoms with Gasteiger partial charge in [-0.3, -0.25) is 0 Å². The van der Waals surface area contributed by atoms with Crippen LogP contribution in [0.4, 0.5) is 0 Å². The van der Waals surface area contributed by atoms with Crippen molar-refractivity contribution >= 4 is 41.9 Å². The maximum atomic E-state index is 12.3.